The van der Waals surface area contributed by atoms with Crippen molar-refractivity contribution >= 4 is 28.5 Å². The molecule has 9 heteroatoms. The Morgan fingerprint density at radius 2 is 1.90 bits per heavy atom. The fraction of sp³-hybridized carbons (Fsp3) is 0.0909. The summed E-state index contributed by atoms with van der Waals surface area (Å²) in [4.78, 5) is 34.1. The molecule has 2 heterocycles. The number of nitrogens with zero attached hydrogens (tertiary/aromatic N) is 4. The fourth-order valence-corrected chi connectivity index (χ4v) is 3.19. The summed E-state index contributed by atoms with van der Waals surface area (Å²) in [5.41, 5.74) is 8.33. The first kappa shape index (κ1) is 20.0. The maximum atomic E-state index is 13.7. The molecule has 0 saturated carbocycles. The van der Waals surface area contributed by atoms with Gasteiger partial charge in [0.15, 0.2) is 11.6 Å². The smallest absolute Gasteiger partial charge is 0.267 e. The highest BCUT2D eigenvalue weighted by Gasteiger charge is 2.17. The van der Waals surface area contributed by atoms with Crippen molar-refractivity contribution in [2.24, 2.45) is 5.73 Å². The van der Waals surface area contributed by atoms with Crippen LogP contribution in [0, 0.1) is 5.82 Å². The number of rotatable bonds is 5. The van der Waals surface area contributed by atoms with Crippen molar-refractivity contribution < 1.29 is 18.7 Å². The summed E-state index contributed by atoms with van der Waals surface area (Å²) in [5.74, 6) is -1.35. The van der Waals surface area contributed by atoms with Gasteiger partial charge in [0.1, 0.15) is 12.0 Å². The number of halogens is 1. The molecule has 0 aliphatic heterocycles. The lowest BCUT2D eigenvalue weighted by Crippen LogP contribution is -2.26. The van der Waals surface area contributed by atoms with Crippen molar-refractivity contribution in [1.82, 2.24) is 14.5 Å². The van der Waals surface area contributed by atoms with E-state index in [-0.39, 0.29) is 17.4 Å². The lowest BCUT2D eigenvalue weighted by molar-refractivity contribution is 0.0986. The van der Waals surface area contributed by atoms with E-state index in [4.69, 9.17) is 10.5 Å². The number of carbonyl (C=O) groups excluding carboxylic acids is 2. The highest BCUT2D eigenvalue weighted by Crippen LogP contribution is 2.26. The number of anilines is 1. The minimum Gasteiger partial charge on any atom is -0.494 e. The zero-order valence-electron chi connectivity index (χ0n) is 16.7. The Labute approximate surface area is 176 Å². The summed E-state index contributed by atoms with van der Waals surface area (Å²) >= 11 is 0. The molecule has 0 radical (unpaired) electrons. The molecule has 2 N–H and O–H groups in total. The Kier molecular flexibility index (Phi) is 5.08. The Morgan fingerprint density at radius 1 is 1.10 bits per heavy atom. The number of nitrogens with two attached hydrogens (primary N) is 1. The molecular weight excluding hydrogens is 401 g/mol. The highest BCUT2D eigenvalue weighted by atomic mass is 19.1. The number of methoxy groups -OCH3 is 1. The van der Waals surface area contributed by atoms with E-state index < -0.39 is 11.7 Å². The summed E-state index contributed by atoms with van der Waals surface area (Å²) in [6, 6.07) is 12.6. The van der Waals surface area contributed by atoms with Crippen molar-refractivity contribution in [2.45, 2.75) is 0 Å². The second-order valence-electron chi connectivity index (χ2n) is 6.77. The number of benzene rings is 2. The van der Waals surface area contributed by atoms with Crippen LogP contribution in [0.15, 0.2) is 61.1 Å². The SMILES string of the molecule is COc1cc(N(C)C(=O)c2ccc3ncn(-c4ccc(C(N)=O)nc4)c3c2)ccc1F. The van der Waals surface area contributed by atoms with Crippen molar-refractivity contribution in [3.8, 4) is 11.4 Å². The quantitative estimate of drug-likeness (QED) is 0.536. The number of imidazole rings is 1. The number of hydrogen-bond donors (Lipinski definition) is 1. The molecular formula is C22H18FN5O3. The van der Waals surface area contributed by atoms with Gasteiger partial charge in [-0.15, -0.1) is 0 Å². The summed E-state index contributed by atoms with van der Waals surface area (Å²) in [6.07, 6.45) is 3.11. The van der Waals surface area contributed by atoms with Gasteiger partial charge in [0.25, 0.3) is 11.8 Å². The van der Waals surface area contributed by atoms with Crippen molar-refractivity contribution in [2.75, 3.05) is 19.1 Å². The number of fused-ring (bicyclic) bond motifs is 1. The minimum atomic E-state index is -0.615. The maximum absolute atomic E-state index is 13.7. The molecule has 0 bridgehead atoms. The lowest BCUT2D eigenvalue weighted by atomic mass is 10.1. The Bertz CT molecular complexity index is 1300. The van der Waals surface area contributed by atoms with Gasteiger partial charge in [-0.25, -0.2) is 14.4 Å². The number of aromatic nitrogens is 3. The van der Waals surface area contributed by atoms with Crippen LogP contribution in [0.4, 0.5) is 10.1 Å². The van der Waals surface area contributed by atoms with Gasteiger partial charge in [0, 0.05) is 24.4 Å². The molecule has 31 heavy (non-hydrogen) atoms. The van der Waals surface area contributed by atoms with Crippen molar-refractivity contribution in [3.63, 3.8) is 0 Å². The van der Waals surface area contributed by atoms with Crippen molar-refractivity contribution in [1.29, 1.82) is 0 Å². The number of amides is 2. The van der Waals surface area contributed by atoms with Gasteiger partial charge < -0.3 is 15.4 Å². The van der Waals surface area contributed by atoms with E-state index in [9.17, 15) is 14.0 Å². The van der Waals surface area contributed by atoms with Crippen LogP contribution in [0.25, 0.3) is 16.7 Å². The van der Waals surface area contributed by atoms with Gasteiger partial charge in [-0.3, -0.25) is 14.2 Å². The summed E-state index contributed by atoms with van der Waals surface area (Å²) in [7, 11) is 2.97. The van der Waals surface area contributed by atoms with E-state index in [1.54, 1.807) is 42.2 Å². The molecule has 0 spiro atoms. The van der Waals surface area contributed by atoms with Gasteiger partial charge in [0.2, 0.25) is 0 Å². The number of pyridine rings is 1. The molecule has 0 saturated heterocycles. The maximum Gasteiger partial charge on any atom is 0.267 e. The summed E-state index contributed by atoms with van der Waals surface area (Å²) in [5, 5.41) is 0. The van der Waals surface area contributed by atoms with E-state index in [0.29, 0.717) is 28.0 Å². The fourth-order valence-electron chi connectivity index (χ4n) is 3.19. The van der Waals surface area contributed by atoms with E-state index in [2.05, 4.69) is 9.97 Å². The summed E-state index contributed by atoms with van der Waals surface area (Å²) in [6.45, 7) is 0. The zero-order chi connectivity index (χ0) is 22.1. The highest BCUT2D eigenvalue weighted by molar-refractivity contribution is 6.07. The lowest BCUT2D eigenvalue weighted by Gasteiger charge is -2.18. The molecule has 2 aromatic carbocycles. The topological polar surface area (TPSA) is 103 Å². The van der Waals surface area contributed by atoms with E-state index in [0.717, 1.165) is 0 Å². The third-order valence-corrected chi connectivity index (χ3v) is 4.90. The second kappa shape index (κ2) is 7.86. The third kappa shape index (κ3) is 3.68. The molecule has 0 fully saturated rings. The average Bonchev–Trinajstić information content (AvgIpc) is 3.21. The number of hydrogen-bond acceptors (Lipinski definition) is 5. The molecule has 8 nitrogen and oxygen atoms in total. The zero-order valence-corrected chi connectivity index (χ0v) is 16.7. The van der Waals surface area contributed by atoms with Crippen LogP contribution in [0.3, 0.4) is 0 Å². The van der Waals surface area contributed by atoms with Crippen molar-refractivity contribution in [3.05, 3.63) is 78.1 Å². The second-order valence-corrected chi connectivity index (χ2v) is 6.77. The Morgan fingerprint density at radius 3 is 2.58 bits per heavy atom. The molecule has 4 aromatic rings. The molecule has 2 aromatic heterocycles. The van der Waals surface area contributed by atoms with Gasteiger partial charge in [-0.05, 0) is 42.5 Å². The first-order chi connectivity index (χ1) is 14.9. The molecule has 0 aliphatic carbocycles. The van der Waals surface area contributed by atoms with E-state index >= 15 is 0 Å². The van der Waals surface area contributed by atoms with Gasteiger partial charge in [-0.1, -0.05) is 0 Å². The summed E-state index contributed by atoms with van der Waals surface area (Å²) < 4.78 is 20.5. The molecule has 0 atom stereocenters. The van der Waals surface area contributed by atoms with Gasteiger partial charge in [-0.2, -0.15) is 0 Å². The van der Waals surface area contributed by atoms with Crippen LogP contribution >= 0.6 is 0 Å². The van der Waals surface area contributed by atoms with Crippen LogP contribution in [0.5, 0.6) is 5.75 Å². The van der Waals surface area contributed by atoms with E-state index in [1.807, 2.05) is 0 Å². The van der Waals surface area contributed by atoms with E-state index in [1.165, 1.54) is 42.5 Å². The first-order valence-electron chi connectivity index (χ1n) is 9.24. The normalized spacial score (nSPS) is 10.8. The van der Waals surface area contributed by atoms with Crippen LogP contribution in [0.1, 0.15) is 20.8 Å². The molecule has 0 unspecified atom stereocenters. The number of carbonyl (C=O) groups is 2. The average molecular weight is 419 g/mol. The van der Waals surface area contributed by atoms with Crippen LogP contribution in [-0.2, 0) is 0 Å². The Balaban J connectivity index is 1.69. The molecule has 0 aliphatic rings. The van der Waals surface area contributed by atoms with Gasteiger partial charge >= 0.3 is 0 Å². The largest absolute Gasteiger partial charge is 0.494 e. The predicted octanol–water partition coefficient (Wildman–Crippen LogP) is 2.94. The standard InChI is InChI=1S/C22H18FN5O3/c1-27(14-4-6-16(23)20(10-14)31-2)22(30)13-3-7-17-19(9-13)28(12-26-17)15-5-8-18(21(24)29)25-11-15/h3-12H,1-2H3,(H2,24,29). The van der Waals surface area contributed by atoms with Gasteiger partial charge in [0.05, 0.1) is 30.0 Å². The Hall–Kier alpha value is -4.27. The van der Waals surface area contributed by atoms with Crippen LogP contribution in [0.2, 0.25) is 0 Å². The monoisotopic (exact) mass is 419 g/mol. The van der Waals surface area contributed by atoms with Crippen LogP contribution in [-0.4, -0.2) is 40.5 Å². The molecule has 156 valence electrons. The molecule has 2 amide bonds. The number of primary amides is 1. The number of ether oxygens (including phenoxy) is 1. The predicted molar refractivity (Wildman–Crippen MR) is 113 cm³/mol. The van der Waals surface area contributed by atoms with Crippen LogP contribution < -0.4 is 15.4 Å². The third-order valence-electron chi connectivity index (χ3n) is 4.90. The molecule has 4 rings (SSSR count). The minimum absolute atomic E-state index is 0.0533. The first-order valence-corrected chi connectivity index (χ1v) is 9.24.